The molecule has 0 saturated heterocycles. The summed E-state index contributed by atoms with van der Waals surface area (Å²) in [7, 11) is 0. The van der Waals surface area contributed by atoms with Crippen LogP contribution in [-0.4, -0.2) is 39.8 Å². The third-order valence-corrected chi connectivity index (χ3v) is 3.08. The SMILES string of the molecule is CCCNc1ncc([N+](=O)[O-])cc1C(=O)N(CC)C(C)C. The Hall–Kier alpha value is -2.18. The normalized spacial score (nSPS) is 10.5. The summed E-state index contributed by atoms with van der Waals surface area (Å²) in [6.07, 6.45) is 2.04. The van der Waals surface area contributed by atoms with Crippen LogP contribution in [0.5, 0.6) is 0 Å². The average Bonchev–Trinajstić information content (AvgIpc) is 2.44. The Bertz CT molecular complexity index is 517. The van der Waals surface area contributed by atoms with Gasteiger partial charge in [-0.3, -0.25) is 14.9 Å². The largest absolute Gasteiger partial charge is 0.369 e. The number of amides is 1. The Kier molecular flexibility index (Phi) is 6.08. The predicted octanol–water partition coefficient (Wildman–Crippen LogP) is 2.68. The summed E-state index contributed by atoms with van der Waals surface area (Å²) in [4.78, 5) is 28.6. The molecule has 0 aliphatic heterocycles. The van der Waals surface area contributed by atoms with E-state index in [1.165, 1.54) is 12.3 Å². The summed E-state index contributed by atoms with van der Waals surface area (Å²) in [5, 5.41) is 13.9. The van der Waals surface area contributed by atoms with E-state index in [2.05, 4.69) is 10.3 Å². The van der Waals surface area contributed by atoms with Crippen molar-refractivity contribution in [3.8, 4) is 0 Å². The maximum Gasteiger partial charge on any atom is 0.288 e. The maximum absolute atomic E-state index is 12.6. The van der Waals surface area contributed by atoms with Gasteiger partial charge in [-0.1, -0.05) is 6.92 Å². The van der Waals surface area contributed by atoms with E-state index < -0.39 is 4.92 Å². The van der Waals surface area contributed by atoms with Gasteiger partial charge in [-0.2, -0.15) is 0 Å². The van der Waals surface area contributed by atoms with Crippen molar-refractivity contribution in [1.29, 1.82) is 0 Å². The number of nitrogens with zero attached hydrogens (tertiary/aromatic N) is 3. The molecular formula is C14H22N4O3. The fourth-order valence-electron chi connectivity index (χ4n) is 2.00. The number of carbonyl (C=O) groups excluding carboxylic acids is 1. The number of nitrogens with one attached hydrogen (secondary N) is 1. The first-order chi connectivity index (χ1) is 9.92. The molecule has 1 amide bonds. The number of hydrogen-bond acceptors (Lipinski definition) is 5. The maximum atomic E-state index is 12.6. The molecule has 0 aromatic carbocycles. The van der Waals surface area contributed by atoms with Crippen LogP contribution in [0, 0.1) is 10.1 Å². The lowest BCUT2D eigenvalue weighted by Crippen LogP contribution is -2.37. The Morgan fingerprint density at radius 3 is 2.62 bits per heavy atom. The zero-order valence-electron chi connectivity index (χ0n) is 12.9. The second kappa shape index (κ2) is 7.56. The van der Waals surface area contributed by atoms with Crippen LogP contribution in [-0.2, 0) is 0 Å². The minimum absolute atomic E-state index is 0.0146. The van der Waals surface area contributed by atoms with E-state index in [4.69, 9.17) is 0 Å². The molecular weight excluding hydrogens is 272 g/mol. The van der Waals surface area contributed by atoms with E-state index in [-0.39, 0.29) is 23.2 Å². The molecule has 21 heavy (non-hydrogen) atoms. The molecule has 0 unspecified atom stereocenters. The van der Waals surface area contributed by atoms with Crippen LogP contribution in [0.2, 0.25) is 0 Å². The second-order valence-corrected chi connectivity index (χ2v) is 4.96. The standard InChI is InChI=1S/C14H22N4O3/c1-5-7-15-13-12(8-11(9-16-13)18(20)21)14(19)17(6-2)10(3)4/h8-10H,5-7H2,1-4H3,(H,15,16). The molecule has 1 N–H and O–H groups in total. The highest BCUT2D eigenvalue weighted by Gasteiger charge is 2.23. The molecule has 0 bridgehead atoms. The van der Waals surface area contributed by atoms with Crippen LogP contribution in [0.4, 0.5) is 11.5 Å². The summed E-state index contributed by atoms with van der Waals surface area (Å²) in [6.45, 7) is 8.87. The molecule has 0 aliphatic carbocycles. The Morgan fingerprint density at radius 2 is 2.14 bits per heavy atom. The van der Waals surface area contributed by atoms with E-state index in [0.29, 0.717) is 18.9 Å². The van der Waals surface area contributed by atoms with Gasteiger partial charge < -0.3 is 10.2 Å². The predicted molar refractivity (Wildman–Crippen MR) is 81.5 cm³/mol. The molecule has 0 aliphatic rings. The molecule has 116 valence electrons. The number of rotatable bonds is 7. The number of carbonyl (C=O) groups is 1. The minimum atomic E-state index is -0.543. The van der Waals surface area contributed by atoms with Crippen molar-refractivity contribution in [3.63, 3.8) is 0 Å². The van der Waals surface area contributed by atoms with Gasteiger partial charge in [0.05, 0.1) is 10.5 Å². The molecule has 1 heterocycles. The van der Waals surface area contributed by atoms with Gasteiger partial charge in [0, 0.05) is 25.2 Å². The Morgan fingerprint density at radius 1 is 1.48 bits per heavy atom. The van der Waals surface area contributed by atoms with Crippen LogP contribution in [0.25, 0.3) is 0 Å². The summed E-state index contributed by atoms with van der Waals surface area (Å²) in [6, 6.07) is 1.30. The number of hydrogen-bond donors (Lipinski definition) is 1. The molecule has 0 spiro atoms. The van der Waals surface area contributed by atoms with Crippen molar-refractivity contribution in [2.45, 2.75) is 40.2 Å². The zero-order chi connectivity index (χ0) is 16.0. The van der Waals surface area contributed by atoms with Gasteiger partial charge in [-0.15, -0.1) is 0 Å². The van der Waals surface area contributed by atoms with Crippen molar-refractivity contribution < 1.29 is 9.72 Å². The molecule has 0 radical (unpaired) electrons. The zero-order valence-corrected chi connectivity index (χ0v) is 12.9. The van der Waals surface area contributed by atoms with Gasteiger partial charge in [0.15, 0.2) is 0 Å². The van der Waals surface area contributed by atoms with Crippen LogP contribution >= 0.6 is 0 Å². The first-order valence-electron chi connectivity index (χ1n) is 7.11. The van der Waals surface area contributed by atoms with Crippen LogP contribution < -0.4 is 5.32 Å². The summed E-state index contributed by atoms with van der Waals surface area (Å²) < 4.78 is 0. The highest BCUT2D eigenvalue weighted by atomic mass is 16.6. The van der Waals surface area contributed by atoms with Crippen molar-refractivity contribution >= 4 is 17.4 Å². The van der Waals surface area contributed by atoms with Crippen LogP contribution in [0.1, 0.15) is 44.5 Å². The van der Waals surface area contributed by atoms with Crippen LogP contribution in [0.3, 0.4) is 0 Å². The van der Waals surface area contributed by atoms with E-state index in [9.17, 15) is 14.9 Å². The molecule has 7 nitrogen and oxygen atoms in total. The number of pyridine rings is 1. The van der Waals surface area contributed by atoms with Gasteiger partial charge in [0.2, 0.25) is 0 Å². The van der Waals surface area contributed by atoms with Gasteiger partial charge >= 0.3 is 0 Å². The van der Waals surface area contributed by atoms with Gasteiger partial charge in [-0.25, -0.2) is 4.98 Å². The fraction of sp³-hybridized carbons (Fsp3) is 0.571. The lowest BCUT2D eigenvalue weighted by atomic mass is 10.1. The van der Waals surface area contributed by atoms with E-state index in [0.717, 1.165) is 6.42 Å². The molecule has 0 atom stereocenters. The number of aromatic nitrogens is 1. The van der Waals surface area contributed by atoms with Gasteiger partial charge in [-0.05, 0) is 27.2 Å². The first kappa shape index (κ1) is 16.9. The summed E-state index contributed by atoms with van der Waals surface area (Å²) >= 11 is 0. The fourth-order valence-corrected chi connectivity index (χ4v) is 2.00. The van der Waals surface area contributed by atoms with E-state index in [1.807, 2.05) is 27.7 Å². The van der Waals surface area contributed by atoms with E-state index in [1.54, 1.807) is 4.90 Å². The third-order valence-electron chi connectivity index (χ3n) is 3.08. The molecule has 0 fully saturated rings. The van der Waals surface area contributed by atoms with Gasteiger partial charge in [0.25, 0.3) is 11.6 Å². The topological polar surface area (TPSA) is 88.4 Å². The van der Waals surface area contributed by atoms with Gasteiger partial charge in [0.1, 0.15) is 12.0 Å². The summed E-state index contributed by atoms with van der Waals surface area (Å²) in [5.74, 6) is 0.147. The van der Waals surface area contributed by atoms with E-state index >= 15 is 0 Å². The minimum Gasteiger partial charge on any atom is -0.369 e. The number of anilines is 1. The highest BCUT2D eigenvalue weighted by Crippen LogP contribution is 2.21. The molecule has 7 heteroatoms. The summed E-state index contributed by atoms with van der Waals surface area (Å²) in [5.41, 5.74) is 0.0633. The van der Waals surface area contributed by atoms with Crippen molar-refractivity contribution in [2.24, 2.45) is 0 Å². The lowest BCUT2D eigenvalue weighted by Gasteiger charge is -2.25. The Labute approximate surface area is 124 Å². The third kappa shape index (κ3) is 4.14. The smallest absolute Gasteiger partial charge is 0.288 e. The monoisotopic (exact) mass is 294 g/mol. The van der Waals surface area contributed by atoms with Crippen molar-refractivity contribution in [3.05, 3.63) is 27.9 Å². The Balaban J connectivity index is 3.23. The number of nitro groups is 1. The quantitative estimate of drug-likeness (QED) is 0.617. The second-order valence-electron chi connectivity index (χ2n) is 4.96. The van der Waals surface area contributed by atoms with Crippen LogP contribution in [0.15, 0.2) is 12.3 Å². The van der Waals surface area contributed by atoms with Crippen molar-refractivity contribution in [2.75, 3.05) is 18.4 Å². The molecule has 1 aromatic heterocycles. The first-order valence-corrected chi connectivity index (χ1v) is 7.11. The molecule has 1 aromatic rings. The highest BCUT2D eigenvalue weighted by molar-refractivity contribution is 5.99. The molecule has 0 saturated carbocycles. The van der Waals surface area contributed by atoms with Crippen molar-refractivity contribution in [1.82, 2.24) is 9.88 Å². The lowest BCUT2D eigenvalue weighted by molar-refractivity contribution is -0.385. The average molecular weight is 294 g/mol. The molecule has 1 rings (SSSR count).